The Balaban J connectivity index is 3.90. The summed E-state index contributed by atoms with van der Waals surface area (Å²) in [5, 5.41) is 26.0. The van der Waals surface area contributed by atoms with E-state index < -0.39 is 81.5 Å². The molecule has 0 radical (unpaired) electrons. The topological polar surface area (TPSA) is 213 Å². The fraction of sp³-hybridized carbons (Fsp3) is 0.583. The zero-order chi connectivity index (χ0) is 31.3. The molecule has 17 heteroatoms. The molecular weight excluding hydrogens is 570 g/mol. The van der Waals surface area contributed by atoms with Crippen LogP contribution in [0, 0.1) is 20.2 Å². The normalized spacial score (nSPS) is 14.4. The van der Waals surface area contributed by atoms with Crippen molar-refractivity contribution in [2.45, 2.75) is 71.3 Å². The number of nitrogens with zero attached hydrogens (tertiary/aromatic N) is 2. The molecule has 228 valence electrons. The number of hydrogen-bond acceptors (Lipinski definition) is 15. The number of rotatable bonds is 17. The minimum Gasteiger partial charge on any atom is -0.462 e. The zero-order valence-corrected chi connectivity index (χ0v) is 24.2. The lowest BCUT2D eigenvalue weighted by molar-refractivity contribution is -0.393. The quantitative estimate of drug-likeness (QED) is 0.0891. The number of nitrogens with one attached hydrogen (secondary N) is 1. The number of nitro groups is 2. The van der Waals surface area contributed by atoms with Gasteiger partial charge in [-0.2, -0.15) is 0 Å². The number of carbonyl (C=O) groups is 4. The van der Waals surface area contributed by atoms with Gasteiger partial charge >= 0.3 is 23.9 Å². The maximum atomic E-state index is 12.3. The molecule has 0 bridgehead atoms. The van der Waals surface area contributed by atoms with Crippen LogP contribution in [0.5, 0.6) is 0 Å². The van der Waals surface area contributed by atoms with Crippen molar-refractivity contribution >= 4 is 52.7 Å². The average Bonchev–Trinajstić information content (AvgIpc) is 2.86. The second kappa shape index (κ2) is 17.0. The third-order valence-electron chi connectivity index (χ3n) is 5.08. The van der Waals surface area contributed by atoms with E-state index in [4.69, 9.17) is 23.7 Å². The molecular formula is C24H33N3O13S. The standard InChI is InChI=1S/C24H33N3O13S/c1-7-36-24(41-8-2)21(25-18-10-9-17(26(32)33)11-19(18)27(34)35)23(40-16(6)31)22(39-15(5)30)20(38-14(4)29)12-37-13(3)28/h9-11,20-25H,7-8,12H2,1-6H3. The molecule has 41 heavy (non-hydrogen) atoms. The minimum absolute atomic E-state index is 0.129. The molecule has 0 amide bonds. The van der Waals surface area contributed by atoms with Crippen LogP contribution in [0.1, 0.15) is 41.5 Å². The SMILES string of the molecule is CCOC(SCC)C(Nc1ccc([N+](=O)[O-])cc1[N+](=O)[O-])C(OC(C)=O)C(OC(C)=O)C(COC(C)=O)OC(C)=O. The first-order valence-electron chi connectivity index (χ1n) is 12.3. The van der Waals surface area contributed by atoms with Gasteiger partial charge in [-0.05, 0) is 18.7 Å². The van der Waals surface area contributed by atoms with Gasteiger partial charge in [-0.1, -0.05) is 6.92 Å². The first-order valence-corrected chi connectivity index (χ1v) is 13.3. The van der Waals surface area contributed by atoms with E-state index in [1.165, 1.54) is 11.8 Å². The molecule has 0 heterocycles. The van der Waals surface area contributed by atoms with Crippen LogP contribution in [-0.2, 0) is 42.9 Å². The molecule has 0 fully saturated rings. The van der Waals surface area contributed by atoms with Crippen LogP contribution in [0.2, 0.25) is 0 Å². The van der Waals surface area contributed by atoms with E-state index in [1.54, 1.807) is 13.8 Å². The van der Waals surface area contributed by atoms with Crippen LogP contribution in [0.3, 0.4) is 0 Å². The molecule has 16 nitrogen and oxygen atoms in total. The maximum Gasteiger partial charge on any atom is 0.303 e. The molecule has 5 unspecified atom stereocenters. The van der Waals surface area contributed by atoms with E-state index in [0.717, 1.165) is 45.9 Å². The molecule has 0 aliphatic rings. The molecule has 0 aliphatic carbocycles. The van der Waals surface area contributed by atoms with Gasteiger partial charge in [0.05, 0.1) is 15.9 Å². The highest BCUT2D eigenvalue weighted by atomic mass is 32.2. The van der Waals surface area contributed by atoms with E-state index in [1.807, 2.05) is 0 Å². The fourth-order valence-electron chi connectivity index (χ4n) is 3.67. The summed E-state index contributed by atoms with van der Waals surface area (Å²) >= 11 is 1.20. The van der Waals surface area contributed by atoms with Gasteiger partial charge in [-0.3, -0.25) is 39.4 Å². The Morgan fingerprint density at radius 1 is 0.878 bits per heavy atom. The van der Waals surface area contributed by atoms with Gasteiger partial charge in [-0.25, -0.2) is 0 Å². The first-order chi connectivity index (χ1) is 19.2. The van der Waals surface area contributed by atoms with E-state index in [0.29, 0.717) is 5.75 Å². The highest BCUT2D eigenvalue weighted by Gasteiger charge is 2.46. The Bertz CT molecular complexity index is 1110. The number of ether oxygens (including phenoxy) is 5. The van der Waals surface area contributed by atoms with E-state index >= 15 is 0 Å². The number of benzene rings is 1. The smallest absolute Gasteiger partial charge is 0.303 e. The Labute approximate surface area is 239 Å². The van der Waals surface area contributed by atoms with Crippen molar-refractivity contribution in [3.8, 4) is 0 Å². The molecule has 0 saturated heterocycles. The lowest BCUT2D eigenvalue weighted by Gasteiger charge is -2.39. The van der Waals surface area contributed by atoms with E-state index in [9.17, 15) is 39.4 Å². The number of carbonyl (C=O) groups excluding carboxylic acids is 4. The molecule has 0 aromatic heterocycles. The van der Waals surface area contributed by atoms with Crippen LogP contribution >= 0.6 is 11.8 Å². The van der Waals surface area contributed by atoms with Crippen molar-refractivity contribution in [2.24, 2.45) is 0 Å². The van der Waals surface area contributed by atoms with Crippen LogP contribution in [0.4, 0.5) is 17.1 Å². The fourth-order valence-corrected chi connectivity index (χ4v) is 4.66. The molecule has 1 N–H and O–H groups in total. The highest BCUT2D eigenvalue weighted by molar-refractivity contribution is 7.99. The Morgan fingerprint density at radius 2 is 1.46 bits per heavy atom. The predicted octanol–water partition coefficient (Wildman–Crippen LogP) is 2.76. The number of non-ortho nitro benzene ring substituents is 1. The van der Waals surface area contributed by atoms with Gasteiger partial charge in [0.25, 0.3) is 11.4 Å². The molecule has 5 atom stereocenters. The summed E-state index contributed by atoms with van der Waals surface area (Å²) in [6.45, 7) is 7.22. The monoisotopic (exact) mass is 603 g/mol. The number of esters is 4. The predicted molar refractivity (Wildman–Crippen MR) is 144 cm³/mol. The van der Waals surface area contributed by atoms with Crippen LogP contribution < -0.4 is 5.32 Å². The number of thioether (sulfide) groups is 1. The zero-order valence-electron chi connectivity index (χ0n) is 23.4. The molecule has 1 aromatic carbocycles. The van der Waals surface area contributed by atoms with Crippen molar-refractivity contribution in [3.05, 3.63) is 38.4 Å². The van der Waals surface area contributed by atoms with Gasteiger partial charge in [0.1, 0.15) is 23.8 Å². The Kier molecular flexibility index (Phi) is 14.5. The summed E-state index contributed by atoms with van der Waals surface area (Å²) < 4.78 is 27.2. The second-order valence-corrected chi connectivity index (χ2v) is 9.64. The van der Waals surface area contributed by atoms with Gasteiger partial charge < -0.3 is 29.0 Å². The van der Waals surface area contributed by atoms with Gasteiger partial charge in [0.2, 0.25) is 0 Å². The van der Waals surface area contributed by atoms with Gasteiger partial charge in [-0.15, -0.1) is 11.8 Å². The number of anilines is 1. The van der Waals surface area contributed by atoms with E-state index in [-0.39, 0.29) is 12.3 Å². The minimum atomic E-state index is -1.62. The van der Waals surface area contributed by atoms with Crippen molar-refractivity contribution < 1.29 is 52.7 Å². The van der Waals surface area contributed by atoms with Crippen LogP contribution in [-0.4, -0.2) is 82.5 Å². The summed E-state index contributed by atoms with van der Waals surface area (Å²) in [6, 6.07) is 1.61. The summed E-state index contributed by atoms with van der Waals surface area (Å²) in [5.74, 6) is -2.92. The molecule has 0 saturated carbocycles. The summed E-state index contributed by atoms with van der Waals surface area (Å²) in [5.41, 5.74) is -2.37. The molecule has 0 aliphatic heterocycles. The lowest BCUT2D eigenvalue weighted by Crippen LogP contribution is -2.57. The Hall–Kier alpha value is -3.99. The van der Waals surface area contributed by atoms with E-state index in [2.05, 4.69) is 5.32 Å². The molecule has 1 aromatic rings. The average molecular weight is 604 g/mol. The molecule has 0 spiro atoms. The summed E-state index contributed by atoms with van der Waals surface area (Å²) in [4.78, 5) is 69.5. The lowest BCUT2D eigenvalue weighted by atomic mass is 9.99. The van der Waals surface area contributed by atoms with Crippen molar-refractivity contribution in [1.82, 2.24) is 0 Å². The van der Waals surface area contributed by atoms with Crippen molar-refractivity contribution in [2.75, 3.05) is 24.3 Å². The second-order valence-electron chi connectivity index (χ2n) is 8.26. The Morgan fingerprint density at radius 3 is 1.93 bits per heavy atom. The van der Waals surface area contributed by atoms with Crippen molar-refractivity contribution in [1.29, 1.82) is 0 Å². The maximum absolute atomic E-state index is 12.3. The third-order valence-corrected chi connectivity index (χ3v) is 6.17. The van der Waals surface area contributed by atoms with Crippen molar-refractivity contribution in [3.63, 3.8) is 0 Å². The number of hydrogen-bond donors (Lipinski definition) is 1. The van der Waals surface area contributed by atoms with Crippen LogP contribution in [0.25, 0.3) is 0 Å². The molecule has 1 rings (SSSR count). The van der Waals surface area contributed by atoms with Gasteiger partial charge in [0.15, 0.2) is 18.3 Å². The highest BCUT2D eigenvalue weighted by Crippen LogP contribution is 2.34. The number of nitro benzene ring substituents is 2. The first kappa shape index (κ1) is 35.0. The third kappa shape index (κ3) is 11.6. The summed E-state index contributed by atoms with van der Waals surface area (Å²) in [6.07, 6.45) is -4.67. The largest absolute Gasteiger partial charge is 0.462 e. The van der Waals surface area contributed by atoms with Crippen LogP contribution in [0.15, 0.2) is 18.2 Å². The summed E-state index contributed by atoms with van der Waals surface area (Å²) in [7, 11) is 0. The van der Waals surface area contributed by atoms with Gasteiger partial charge in [0, 0.05) is 40.4 Å².